The number of fused-ring (bicyclic) bond motifs is 1. The van der Waals surface area contributed by atoms with Gasteiger partial charge in [0.15, 0.2) is 5.82 Å². The third-order valence-electron chi connectivity index (χ3n) is 10.9. The zero-order valence-corrected chi connectivity index (χ0v) is 33.4. The predicted molar refractivity (Wildman–Crippen MR) is 209 cm³/mol. The number of imide groups is 1. The van der Waals surface area contributed by atoms with Gasteiger partial charge in [-0.2, -0.15) is 19.9 Å². The molecule has 0 bridgehead atoms. The summed E-state index contributed by atoms with van der Waals surface area (Å²) in [5, 5.41) is 30.2. The fourth-order valence-corrected chi connectivity index (χ4v) is 9.52. The number of nitrogens with zero attached hydrogens (tertiary/aromatic N) is 7. The van der Waals surface area contributed by atoms with Gasteiger partial charge in [-0.1, -0.05) is 6.07 Å². The minimum absolute atomic E-state index is 0.0393. The summed E-state index contributed by atoms with van der Waals surface area (Å²) in [7, 11) is -2.00. The van der Waals surface area contributed by atoms with Gasteiger partial charge in [0.1, 0.15) is 5.60 Å². The summed E-state index contributed by atoms with van der Waals surface area (Å²) in [5.74, 6) is 0.614. The molecule has 0 radical (unpaired) electrons. The molecule has 3 aliphatic heterocycles. The highest BCUT2D eigenvalue weighted by molar-refractivity contribution is 7.89. The molecule has 0 saturated carbocycles. The van der Waals surface area contributed by atoms with Crippen LogP contribution in [0.1, 0.15) is 88.3 Å². The number of carbonyl (C=O) groups is 3. The number of urea groups is 1. The van der Waals surface area contributed by atoms with E-state index in [1.165, 1.54) is 20.8 Å². The van der Waals surface area contributed by atoms with Crippen LogP contribution in [-0.2, 0) is 33.0 Å². The highest BCUT2D eigenvalue weighted by Crippen LogP contribution is 2.34. The molecule has 298 valence electrons. The first-order valence-corrected chi connectivity index (χ1v) is 20.8. The SMILES string of the molecule is Cn1nc(N2CCC(=O)NC2=O)c2ccc(C3CCN(CC(CCC#N)Cc4cc(S(=O)(=O)N5CCC(NC(=O)OC(C)(C)C)CC5)ccc4C#N)CC3)cc21. The summed E-state index contributed by atoms with van der Waals surface area (Å²) >= 11 is 0. The number of rotatable bonds is 11. The van der Waals surface area contributed by atoms with Crippen molar-refractivity contribution in [2.75, 3.05) is 44.2 Å². The Morgan fingerprint density at radius 2 is 1.77 bits per heavy atom. The van der Waals surface area contributed by atoms with E-state index >= 15 is 0 Å². The third-order valence-corrected chi connectivity index (χ3v) is 12.8. The van der Waals surface area contributed by atoms with Crippen molar-refractivity contribution < 1.29 is 27.5 Å². The minimum Gasteiger partial charge on any atom is -0.444 e. The van der Waals surface area contributed by atoms with Gasteiger partial charge in [0.25, 0.3) is 0 Å². The van der Waals surface area contributed by atoms with Crippen molar-refractivity contribution in [2.24, 2.45) is 13.0 Å². The van der Waals surface area contributed by atoms with Crippen LogP contribution in [0.3, 0.4) is 0 Å². The maximum Gasteiger partial charge on any atom is 0.407 e. The molecule has 16 heteroatoms. The van der Waals surface area contributed by atoms with Crippen LogP contribution in [0.2, 0.25) is 0 Å². The van der Waals surface area contributed by atoms with E-state index in [1.54, 1.807) is 37.6 Å². The molecular formula is C40H51N9O6S. The first-order valence-electron chi connectivity index (χ1n) is 19.3. The Bertz CT molecular complexity index is 2150. The van der Waals surface area contributed by atoms with Crippen LogP contribution in [-0.4, -0.2) is 96.3 Å². The number of benzene rings is 2. The van der Waals surface area contributed by atoms with Gasteiger partial charge in [-0.05, 0) is 126 Å². The lowest BCUT2D eigenvalue weighted by atomic mass is 9.87. The van der Waals surface area contributed by atoms with Crippen LogP contribution in [0.15, 0.2) is 41.3 Å². The Kier molecular flexibility index (Phi) is 12.3. The standard InChI is InChI=1S/C40H51N9O6S/c1-40(2,3)55-39(52)43-32-13-19-48(20-14-32)56(53,54)33-9-7-30(25-42)31(23-33)22-27(6-5-16-41)26-47-17-11-28(12-18-47)29-8-10-34-35(24-29)46(4)45-37(34)49-21-15-36(50)44-38(49)51/h7-10,23-24,27-28,32H,5-6,11-15,17-22,26H2,1-4H3,(H,43,52)(H,44,50,51). The summed E-state index contributed by atoms with van der Waals surface area (Å²) in [6, 6.07) is 14.8. The number of piperidine rings is 2. The first kappa shape index (κ1) is 40.6. The van der Waals surface area contributed by atoms with Gasteiger partial charge in [0, 0.05) is 57.5 Å². The second-order valence-corrected chi connectivity index (χ2v) is 18.0. The van der Waals surface area contributed by atoms with Crippen LogP contribution in [0.4, 0.5) is 15.4 Å². The van der Waals surface area contributed by atoms with Crippen LogP contribution >= 0.6 is 0 Å². The fraction of sp³-hybridized carbons (Fsp3) is 0.550. The molecule has 1 unspecified atom stereocenters. The van der Waals surface area contributed by atoms with Crippen molar-refractivity contribution in [1.82, 2.24) is 29.6 Å². The van der Waals surface area contributed by atoms with Gasteiger partial charge in [-0.25, -0.2) is 18.0 Å². The number of nitriles is 2. The molecule has 15 nitrogen and oxygen atoms in total. The van der Waals surface area contributed by atoms with Gasteiger partial charge in [0.2, 0.25) is 15.9 Å². The Hall–Kier alpha value is -5.03. The molecule has 2 aromatic carbocycles. The number of carbonyl (C=O) groups excluding carboxylic acids is 3. The van der Waals surface area contributed by atoms with Crippen molar-refractivity contribution >= 4 is 44.8 Å². The zero-order valence-electron chi connectivity index (χ0n) is 32.6. The average molecular weight is 786 g/mol. The van der Waals surface area contributed by atoms with E-state index < -0.39 is 27.7 Å². The number of hydrogen-bond donors (Lipinski definition) is 2. The number of aromatic nitrogens is 2. The number of sulfonamides is 1. The summed E-state index contributed by atoms with van der Waals surface area (Å²) in [4.78, 5) is 40.5. The van der Waals surface area contributed by atoms with Gasteiger partial charge in [-0.15, -0.1) is 0 Å². The van der Waals surface area contributed by atoms with E-state index in [0.717, 1.165) is 43.4 Å². The maximum atomic E-state index is 13.8. The molecule has 0 spiro atoms. The van der Waals surface area contributed by atoms with Crippen LogP contribution < -0.4 is 15.5 Å². The van der Waals surface area contributed by atoms with Crippen molar-refractivity contribution in [2.45, 2.75) is 94.6 Å². The number of anilines is 1. The van der Waals surface area contributed by atoms with Gasteiger partial charge < -0.3 is 15.0 Å². The fourth-order valence-electron chi connectivity index (χ4n) is 8.00. The van der Waals surface area contributed by atoms with Crippen LogP contribution in [0, 0.1) is 28.6 Å². The monoisotopic (exact) mass is 785 g/mol. The highest BCUT2D eigenvalue weighted by Gasteiger charge is 2.33. The Labute approximate surface area is 328 Å². The quantitative estimate of drug-likeness (QED) is 0.270. The molecule has 56 heavy (non-hydrogen) atoms. The number of hydrogen-bond acceptors (Lipinski definition) is 10. The van der Waals surface area contributed by atoms with E-state index in [1.807, 2.05) is 13.1 Å². The zero-order chi connectivity index (χ0) is 40.2. The molecule has 0 aliphatic carbocycles. The van der Waals surface area contributed by atoms with E-state index in [4.69, 9.17) is 4.74 Å². The largest absolute Gasteiger partial charge is 0.444 e. The molecule has 3 saturated heterocycles. The third kappa shape index (κ3) is 9.49. The second kappa shape index (κ2) is 17.0. The second-order valence-electron chi connectivity index (χ2n) is 16.1. The van der Waals surface area contributed by atoms with E-state index in [2.05, 4.69) is 44.9 Å². The summed E-state index contributed by atoms with van der Waals surface area (Å²) < 4.78 is 36.2. The first-order chi connectivity index (χ1) is 26.6. The smallest absolute Gasteiger partial charge is 0.407 e. The van der Waals surface area contributed by atoms with Crippen molar-refractivity contribution in [3.05, 3.63) is 53.1 Å². The maximum absolute atomic E-state index is 13.8. The number of likely N-dealkylation sites (tertiary alicyclic amines) is 1. The van der Waals surface area contributed by atoms with E-state index in [0.29, 0.717) is 55.0 Å². The Morgan fingerprint density at radius 3 is 2.43 bits per heavy atom. The predicted octanol–water partition coefficient (Wildman–Crippen LogP) is 4.91. The van der Waals surface area contributed by atoms with E-state index in [9.17, 15) is 33.3 Å². The lowest BCUT2D eigenvalue weighted by Crippen LogP contribution is -2.49. The van der Waals surface area contributed by atoms with Gasteiger partial charge >= 0.3 is 12.1 Å². The van der Waals surface area contributed by atoms with Crippen LogP contribution in [0.5, 0.6) is 0 Å². The van der Waals surface area contributed by atoms with Crippen molar-refractivity contribution in [3.8, 4) is 12.1 Å². The molecular weight excluding hydrogens is 735 g/mol. The molecule has 1 atom stereocenters. The molecule has 4 amide bonds. The summed E-state index contributed by atoms with van der Waals surface area (Å²) in [6.07, 6.45) is 3.93. The molecule has 3 aliphatic rings. The number of amides is 4. The Balaban J connectivity index is 1.08. The summed E-state index contributed by atoms with van der Waals surface area (Å²) in [6.45, 7) is 8.57. The minimum atomic E-state index is -3.85. The number of nitrogens with one attached hydrogen (secondary N) is 2. The molecule has 2 N–H and O–H groups in total. The molecule has 3 aromatic rings. The van der Waals surface area contributed by atoms with Crippen LogP contribution in [0.25, 0.3) is 10.9 Å². The topological polar surface area (TPSA) is 194 Å². The molecule has 4 heterocycles. The van der Waals surface area contributed by atoms with Crippen molar-refractivity contribution in [1.29, 1.82) is 10.5 Å². The lowest BCUT2D eigenvalue weighted by Gasteiger charge is -2.34. The molecule has 1 aromatic heterocycles. The summed E-state index contributed by atoms with van der Waals surface area (Å²) in [5.41, 5.74) is 2.57. The number of aryl methyl sites for hydroxylation is 1. The number of alkyl carbamates (subject to hydrolysis) is 1. The van der Waals surface area contributed by atoms with Crippen molar-refractivity contribution in [3.63, 3.8) is 0 Å². The lowest BCUT2D eigenvalue weighted by molar-refractivity contribution is -0.120. The average Bonchev–Trinajstić information content (AvgIpc) is 3.48. The van der Waals surface area contributed by atoms with E-state index in [-0.39, 0.29) is 48.8 Å². The highest BCUT2D eigenvalue weighted by atomic mass is 32.2. The normalized spacial score (nSPS) is 18.6. The number of ether oxygens (including phenoxy) is 1. The Morgan fingerprint density at radius 1 is 1.04 bits per heavy atom. The van der Waals surface area contributed by atoms with Gasteiger partial charge in [-0.3, -0.25) is 19.7 Å². The van der Waals surface area contributed by atoms with Gasteiger partial charge in [0.05, 0.1) is 28.1 Å². The molecule has 3 fully saturated rings. The molecule has 6 rings (SSSR count).